The van der Waals surface area contributed by atoms with E-state index in [0.717, 1.165) is 11.8 Å². The minimum atomic E-state index is -0.261. The van der Waals surface area contributed by atoms with Gasteiger partial charge in [-0.2, -0.15) is 5.10 Å². The van der Waals surface area contributed by atoms with Gasteiger partial charge in [-0.3, -0.25) is 4.79 Å². The van der Waals surface area contributed by atoms with Gasteiger partial charge in [0.05, 0.1) is 10.0 Å². The summed E-state index contributed by atoms with van der Waals surface area (Å²) in [4.78, 5) is 11.9. The Bertz CT molecular complexity index is 559. The van der Waals surface area contributed by atoms with Crippen LogP contribution in [0.3, 0.4) is 0 Å². The van der Waals surface area contributed by atoms with E-state index in [9.17, 15) is 4.79 Å². The van der Waals surface area contributed by atoms with Gasteiger partial charge in [-0.05, 0) is 55.2 Å². The first-order chi connectivity index (χ1) is 9.63. The van der Waals surface area contributed by atoms with E-state index in [1.165, 1.54) is 25.7 Å². The maximum atomic E-state index is 11.9. The van der Waals surface area contributed by atoms with E-state index < -0.39 is 0 Å². The predicted octanol–water partition coefficient (Wildman–Crippen LogP) is 4.15. The first-order valence-corrected chi connectivity index (χ1v) is 7.67. The number of nitrogens with one attached hydrogen (secondary N) is 1. The second-order valence-corrected chi connectivity index (χ2v) is 6.50. The largest absolute Gasteiger partial charge is 0.271 e. The maximum Gasteiger partial charge on any atom is 0.271 e. The monoisotopic (exact) mass is 310 g/mol. The Morgan fingerprint density at radius 1 is 1.25 bits per heavy atom. The van der Waals surface area contributed by atoms with Crippen LogP contribution < -0.4 is 5.43 Å². The zero-order chi connectivity index (χ0) is 14.1. The lowest BCUT2D eigenvalue weighted by molar-refractivity contribution is 0.0955. The zero-order valence-corrected chi connectivity index (χ0v) is 12.5. The summed E-state index contributed by atoms with van der Waals surface area (Å²) in [6.07, 6.45) is 7.13. The summed E-state index contributed by atoms with van der Waals surface area (Å²) in [5.74, 6) is 1.92. The van der Waals surface area contributed by atoms with E-state index in [1.807, 2.05) is 6.21 Å². The van der Waals surface area contributed by atoms with Gasteiger partial charge in [0.15, 0.2) is 0 Å². The molecule has 1 N–H and O–H groups in total. The molecule has 2 aliphatic rings. The summed E-state index contributed by atoms with van der Waals surface area (Å²) in [7, 11) is 0. The van der Waals surface area contributed by atoms with E-state index in [0.29, 0.717) is 21.5 Å². The number of amides is 1. The first-order valence-electron chi connectivity index (χ1n) is 6.92. The third-order valence-electron chi connectivity index (χ3n) is 4.41. The molecule has 1 aromatic rings. The number of nitrogens with zero attached hydrogens (tertiary/aromatic N) is 1. The third kappa shape index (κ3) is 2.84. The molecule has 3 atom stereocenters. The second kappa shape index (κ2) is 5.74. The Kier molecular flexibility index (Phi) is 3.99. The van der Waals surface area contributed by atoms with Gasteiger partial charge in [0.2, 0.25) is 0 Å². The minimum absolute atomic E-state index is 0.261. The molecule has 3 rings (SSSR count). The van der Waals surface area contributed by atoms with Crippen molar-refractivity contribution in [2.75, 3.05) is 0 Å². The molecule has 2 aliphatic carbocycles. The summed E-state index contributed by atoms with van der Waals surface area (Å²) in [6.45, 7) is 0. The molecule has 3 nitrogen and oxygen atoms in total. The Morgan fingerprint density at radius 2 is 2.10 bits per heavy atom. The van der Waals surface area contributed by atoms with Gasteiger partial charge in [0, 0.05) is 11.8 Å². The van der Waals surface area contributed by atoms with Crippen LogP contribution in [0.25, 0.3) is 0 Å². The lowest BCUT2D eigenvalue weighted by Gasteiger charge is -2.16. The SMILES string of the molecule is O=C(N/N=C/C1CC2CCC1C2)c1ccc(Cl)c(Cl)c1. The van der Waals surface area contributed by atoms with Gasteiger partial charge in [0.1, 0.15) is 0 Å². The molecule has 0 heterocycles. The molecule has 3 unspecified atom stereocenters. The van der Waals surface area contributed by atoms with Gasteiger partial charge in [0.25, 0.3) is 5.91 Å². The fourth-order valence-corrected chi connectivity index (χ4v) is 3.67. The number of hydrazone groups is 1. The van der Waals surface area contributed by atoms with Crippen molar-refractivity contribution >= 4 is 35.3 Å². The van der Waals surface area contributed by atoms with Crippen molar-refractivity contribution in [3.05, 3.63) is 33.8 Å². The Balaban J connectivity index is 1.57. The molecular formula is C15H16Cl2N2O. The van der Waals surface area contributed by atoms with Crippen LogP contribution in [0.15, 0.2) is 23.3 Å². The topological polar surface area (TPSA) is 41.5 Å². The Hall–Kier alpha value is -1.06. The summed E-state index contributed by atoms with van der Waals surface area (Å²) in [6, 6.07) is 4.79. The molecule has 0 spiro atoms. The third-order valence-corrected chi connectivity index (χ3v) is 5.15. The van der Waals surface area contributed by atoms with E-state index >= 15 is 0 Å². The second-order valence-electron chi connectivity index (χ2n) is 5.69. The van der Waals surface area contributed by atoms with Gasteiger partial charge in [-0.15, -0.1) is 0 Å². The number of carbonyl (C=O) groups excluding carboxylic acids is 1. The van der Waals surface area contributed by atoms with Crippen LogP contribution in [0.1, 0.15) is 36.0 Å². The van der Waals surface area contributed by atoms with E-state index in [-0.39, 0.29) is 5.91 Å². The molecule has 106 valence electrons. The summed E-state index contributed by atoms with van der Waals surface area (Å²) in [5, 5.41) is 4.91. The van der Waals surface area contributed by atoms with Crippen LogP contribution in [-0.2, 0) is 0 Å². The number of benzene rings is 1. The van der Waals surface area contributed by atoms with Gasteiger partial charge < -0.3 is 0 Å². The first kappa shape index (κ1) is 13.9. The van der Waals surface area contributed by atoms with Crippen molar-refractivity contribution < 1.29 is 4.79 Å². The number of hydrogen-bond acceptors (Lipinski definition) is 2. The molecule has 2 saturated carbocycles. The van der Waals surface area contributed by atoms with Crippen LogP contribution in [0, 0.1) is 17.8 Å². The summed E-state index contributed by atoms with van der Waals surface area (Å²) in [5.41, 5.74) is 3.02. The average molecular weight is 311 g/mol. The molecule has 2 bridgehead atoms. The lowest BCUT2D eigenvalue weighted by Crippen LogP contribution is -2.20. The normalized spacial score (nSPS) is 28.2. The van der Waals surface area contributed by atoms with Crippen molar-refractivity contribution in [2.24, 2.45) is 22.9 Å². The highest BCUT2D eigenvalue weighted by molar-refractivity contribution is 6.42. The maximum absolute atomic E-state index is 11.9. The van der Waals surface area contributed by atoms with Gasteiger partial charge in [-0.25, -0.2) is 5.43 Å². The molecule has 20 heavy (non-hydrogen) atoms. The predicted molar refractivity (Wildman–Crippen MR) is 81.4 cm³/mol. The molecule has 2 fully saturated rings. The zero-order valence-electron chi connectivity index (χ0n) is 11.0. The van der Waals surface area contributed by atoms with Crippen molar-refractivity contribution in [3.8, 4) is 0 Å². The highest BCUT2D eigenvalue weighted by Gasteiger charge is 2.38. The van der Waals surface area contributed by atoms with Crippen LogP contribution in [0.2, 0.25) is 10.0 Å². The fraction of sp³-hybridized carbons (Fsp3) is 0.467. The molecular weight excluding hydrogens is 295 g/mol. The minimum Gasteiger partial charge on any atom is -0.267 e. The number of rotatable bonds is 3. The van der Waals surface area contributed by atoms with Crippen molar-refractivity contribution in [1.29, 1.82) is 0 Å². The number of halogens is 2. The summed E-state index contributed by atoms with van der Waals surface area (Å²) < 4.78 is 0. The Labute approximate surface area is 128 Å². The molecule has 5 heteroatoms. The molecule has 0 saturated heterocycles. The van der Waals surface area contributed by atoms with Gasteiger partial charge >= 0.3 is 0 Å². The lowest BCUT2D eigenvalue weighted by atomic mass is 9.90. The molecule has 0 radical (unpaired) electrons. The highest BCUT2D eigenvalue weighted by Crippen LogP contribution is 2.47. The van der Waals surface area contributed by atoms with Crippen LogP contribution in [0.5, 0.6) is 0 Å². The van der Waals surface area contributed by atoms with Crippen molar-refractivity contribution in [2.45, 2.75) is 25.7 Å². The van der Waals surface area contributed by atoms with Crippen molar-refractivity contribution in [1.82, 2.24) is 5.43 Å². The van der Waals surface area contributed by atoms with E-state index in [4.69, 9.17) is 23.2 Å². The van der Waals surface area contributed by atoms with Crippen molar-refractivity contribution in [3.63, 3.8) is 0 Å². The van der Waals surface area contributed by atoms with E-state index in [1.54, 1.807) is 18.2 Å². The quantitative estimate of drug-likeness (QED) is 0.661. The summed E-state index contributed by atoms with van der Waals surface area (Å²) >= 11 is 11.7. The smallest absolute Gasteiger partial charge is 0.267 e. The van der Waals surface area contributed by atoms with E-state index in [2.05, 4.69) is 10.5 Å². The number of carbonyl (C=O) groups is 1. The average Bonchev–Trinajstić information content (AvgIpc) is 3.04. The van der Waals surface area contributed by atoms with Crippen LogP contribution >= 0.6 is 23.2 Å². The highest BCUT2D eigenvalue weighted by atomic mass is 35.5. The molecule has 0 aromatic heterocycles. The Morgan fingerprint density at radius 3 is 2.75 bits per heavy atom. The standard InChI is InChI=1S/C15H16Cl2N2O/c16-13-4-3-11(7-14(13)17)15(20)19-18-8-12-6-9-1-2-10(12)5-9/h3-4,7-10,12H,1-2,5-6H2,(H,19,20)/b18-8+. The molecule has 1 aromatic carbocycles. The van der Waals surface area contributed by atoms with Gasteiger partial charge in [-0.1, -0.05) is 29.6 Å². The number of fused-ring (bicyclic) bond motifs is 2. The number of hydrogen-bond donors (Lipinski definition) is 1. The fourth-order valence-electron chi connectivity index (χ4n) is 3.37. The van der Waals surface area contributed by atoms with Crippen LogP contribution in [0.4, 0.5) is 0 Å². The molecule has 0 aliphatic heterocycles. The molecule has 1 amide bonds. The van der Waals surface area contributed by atoms with Crippen LogP contribution in [-0.4, -0.2) is 12.1 Å².